The number of para-hydroxylation sites is 3. The molecule has 0 bridgehead atoms. The van der Waals surface area contributed by atoms with Gasteiger partial charge in [0, 0.05) is 39.3 Å². The van der Waals surface area contributed by atoms with Gasteiger partial charge in [0.1, 0.15) is 0 Å². The minimum Gasteiger partial charge on any atom is -0.310 e. The van der Waals surface area contributed by atoms with Gasteiger partial charge in [0.2, 0.25) is 0 Å². The summed E-state index contributed by atoms with van der Waals surface area (Å²) >= 11 is 0. The van der Waals surface area contributed by atoms with E-state index in [2.05, 4.69) is 254 Å². The molecule has 1 unspecified atom stereocenters. The summed E-state index contributed by atoms with van der Waals surface area (Å²) in [5.74, 6) is 0. The molecule has 0 aliphatic heterocycles. The van der Waals surface area contributed by atoms with Crippen molar-refractivity contribution >= 4 is 44.9 Å². The zero-order chi connectivity index (χ0) is 42.6. The number of fused-ring (bicyclic) bond motifs is 15. The predicted octanol–water partition coefficient (Wildman–Crippen LogP) is 16.4. The zero-order valence-electron chi connectivity index (χ0n) is 35.8. The first kappa shape index (κ1) is 36.7. The molecule has 0 fully saturated rings. The Kier molecular flexibility index (Phi) is 7.90. The highest BCUT2D eigenvalue weighted by atomic mass is 15.2. The highest BCUT2D eigenvalue weighted by Gasteiger charge is 2.55. The van der Waals surface area contributed by atoms with E-state index >= 15 is 0 Å². The molecule has 0 heterocycles. The van der Waals surface area contributed by atoms with Crippen LogP contribution in [0.1, 0.15) is 47.2 Å². The monoisotopic (exact) mass is 816 g/mol. The van der Waals surface area contributed by atoms with Gasteiger partial charge in [-0.15, -0.1) is 0 Å². The smallest absolute Gasteiger partial charge is 0.0747 e. The van der Waals surface area contributed by atoms with E-state index in [0.29, 0.717) is 0 Å². The van der Waals surface area contributed by atoms with Crippen LogP contribution in [0.3, 0.4) is 0 Å². The standard InChI is InChI=1S/C62H44N2/c1-61(2)51-32-17-14-29-47(51)48-38-37-45(40-55(48)61)64(44-26-10-5-11-27-44)56-36-20-35-54-59(56)50-31-16-19-34-53(50)62(54)52-33-18-15-30-49(52)58-46-28-13-12-21-41(46)39-57(60(58)62)63(42-22-6-3-7-23-42)43-24-8-4-9-25-43/h3-40H,1-2H3. The lowest BCUT2D eigenvalue weighted by molar-refractivity contribution is 0.660. The zero-order valence-corrected chi connectivity index (χ0v) is 35.8. The summed E-state index contributed by atoms with van der Waals surface area (Å²) in [7, 11) is 0. The number of nitrogens with zero attached hydrogens (tertiary/aromatic N) is 2. The normalized spacial score (nSPS) is 15.5. The van der Waals surface area contributed by atoms with E-state index in [1.807, 2.05) is 0 Å². The minimum absolute atomic E-state index is 0.139. The van der Waals surface area contributed by atoms with Crippen LogP contribution in [0.4, 0.5) is 34.1 Å². The largest absolute Gasteiger partial charge is 0.310 e. The van der Waals surface area contributed by atoms with Gasteiger partial charge in [-0.05, 0) is 127 Å². The molecular weight excluding hydrogens is 773 g/mol. The number of hydrogen-bond donors (Lipinski definition) is 0. The molecule has 13 rings (SSSR count). The molecule has 0 saturated carbocycles. The Balaban J connectivity index is 1.14. The predicted molar refractivity (Wildman–Crippen MR) is 267 cm³/mol. The van der Waals surface area contributed by atoms with E-state index in [1.165, 1.54) is 83.2 Å². The quantitative estimate of drug-likeness (QED) is 0.165. The second-order valence-corrected chi connectivity index (χ2v) is 18.0. The summed E-state index contributed by atoms with van der Waals surface area (Å²) in [6.07, 6.45) is 0. The average molecular weight is 817 g/mol. The van der Waals surface area contributed by atoms with Crippen LogP contribution < -0.4 is 9.80 Å². The third-order valence-corrected chi connectivity index (χ3v) is 14.4. The molecule has 2 nitrogen and oxygen atoms in total. The lowest BCUT2D eigenvalue weighted by Crippen LogP contribution is -2.28. The summed E-state index contributed by atoms with van der Waals surface area (Å²) in [4.78, 5) is 5.00. The van der Waals surface area contributed by atoms with Gasteiger partial charge in [-0.1, -0.05) is 184 Å². The van der Waals surface area contributed by atoms with Gasteiger partial charge in [0.05, 0.1) is 16.8 Å². The van der Waals surface area contributed by atoms with Gasteiger partial charge in [0.15, 0.2) is 0 Å². The Hall–Kier alpha value is -7.94. The number of rotatable bonds is 6. The van der Waals surface area contributed by atoms with Crippen LogP contribution in [-0.4, -0.2) is 0 Å². The Morgan fingerprint density at radius 2 is 0.797 bits per heavy atom. The number of benzene rings is 10. The third-order valence-electron chi connectivity index (χ3n) is 14.4. The Labute approximate surface area is 375 Å². The van der Waals surface area contributed by atoms with Crippen LogP contribution in [0, 0.1) is 0 Å². The van der Waals surface area contributed by atoms with Gasteiger partial charge < -0.3 is 9.80 Å². The van der Waals surface area contributed by atoms with Crippen molar-refractivity contribution in [3.8, 4) is 33.4 Å². The highest BCUT2D eigenvalue weighted by molar-refractivity contribution is 6.11. The van der Waals surface area contributed by atoms with Crippen molar-refractivity contribution in [1.29, 1.82) is 0 Å². The molecule has 64 heavy (non-hydrogen) atoms. The maximum Gasteiger partial charge on any atom is 0.0747 e. The first-order valence-corrected chi connectivity index (χ1v) is 22.4. The molecule has 1 atom stereocenters. The molecule has 302 valence electrons. The lowest BCUT2D eigenvalue weighted by Gasteiger charge is -2.36. The SMILES string of the molecule is CC1(C)c2ccccc2-c2ccc(N(c3ccccc3)c3cccc4c3-c3ccccc3C43c4ccccc4-c4c3c(N(c3ccccc3)c3ccccc3)cc3ccccc43)cc21. The number of hydrogen-bond acceptors (Lipinski definition) is 2. The van der Waals surface area contributed by atoms with E-state index in [4.69, 9.17) is 0 Å². The topological polar surface area (TPSA) is 6.48 Å². The fourth-order valence-corrected chi connectivity index (χ4v) is 11.8. The van der Waals surface area contributed by atoms with Crippen molar-refractivity contribution in [1.82, 2.24) is 0 Å². The lowest BCUT2D eigenvalue weighted by atomic mass is 9.69. The van der Waals surface area contributed by atoms with Gasteiger partial charge in [-0.25, -0.2) is 0 Å². The summed E-state index contributed by atoms with van der Waals surface area (Å²) in [6.45, 7) is 4.75. The van der Waals surface area contributed by atoms with E-state index < -0.39 is 5.41 Å². The van der Waals surface area contributed by atoms with Crippen LogP contribution in [0.5, 0.6) is 0 Å². The molecular formula is C62H44N2. The molecule has 3 aliphatic carbocycles. The van der Waals surface area contributed by atoms with E-state index in [9.17, 15) is 0 Å². The highest BCUT2D eigenvalue weighted by Crippen LogP contribution is 2.68. The maximum absolute atomic E-state index is 2.51. The fourth-order valence-electron chi connectivity index (χ4n) is 11.8. The second-order valence-electron chi connectivity index (χ2n) is 18.0. The van der Waals surface area contributed by atoms with Gasteiger partial charge in [-0.2, -0.15) is 0 Å². The maximum atomic E-state index is 2.51. The van der Waals surface area contributed by atoms with Gasteiger partial charge in [-0.3, -0.25) is 0 Å². The van der Waals surface area contributed by atoms with Crippen molar-refractivity contribution in [3.63, 3.8) is 0 Å². The first-order valence-electron chi connectivity index (χ1n) is 22.4. The van der Waals surface area contributed by atoms with Crippen molar-refractivity contribution in [3.05, 3.63) is 264 Å². The summed E-state index contributed by atoms with van der Waals surface area (Å²) in [5.41, 5.74) is 21.8. The van der Waals surface area contributed by atoms with Crippen molar-refractivity contribution in [2.45, 2.75) is 24.7 Å². The van der Waals surface area contributed by atoms with Crippen molar-refractivity contribution in [2.24, 2.45) is 0 Å². The number of anilines is 6. The molecule has 0 amide bonds. The molecule has 3 aliphatic rings. The third kappa shape index (κ3) is 4.97. The van der Waals surface area contributed by atoms with Gasteiger partial charge >= 0.3 is 0 Å². The second kappa shape index (κ2) is 13.8. The molecule has 10 aromatic carbocycles. The first-order chi connectivity index (χ1) is 31.5. The Bertz CT molecular complexity index is 3440. The fraction of sp³-hybridized carbons (Fsp3) is 0.0645. The van der Waals surface area contributed by atoms with Crippen LogP contribution >= 0.6 is 0 Å². The molecule has 0 N–H and O–H groups in total. The molecule has 0 radical (unpaired) electrons. The molecule has 0 aromatic heterocycles. The van der Waals surface area contributed by atoms with Crippen molar-refractivity contribution < 1.29 is 0 Å². The van der Waals surface area contributed by atoms with Gasteiger partial charge in [0.25, 0.3) is 0 Å². The van der Waals surface area contributed by atoms with Crippen LogP contribution in [0.2, 0.25) is 0 Å². The average Bonchev–Trinajstić information content (AvgIpc) is 3.92. The van der Waals surface area contributed by atoms with Crippen LogP contribution in [0.25, 0.3) is 44.2 Å². The Morgan fingerprint density at radius 1 is 0.312 bits per heavy atom. The summed E-state index contributed by atoms with van der Waals surface area (Å²) < 4.78 is 0. The molecule has 2 heteroatoms. The minimum atomic E-state index is -0.640. The molecule has 10 aromatic rings. The van der Waals surface area contributed by atoms with Crippen LogP contribution in [-0.2, 0) is 10.8 Å². The Morgan fingerprint density at radius 3 is 1.44 bits per heavy atom. The molecule has 1 spiro atoms. The summed E-state index contributed by atoms with van der Waals surface area (Å²) in [6, 6.07) is 85.8. The van der Waals surface area contributed by atoms with E-state index in [-0.39, 0.29) is 5.41 Å². The van der Waals surface area contributed by atoms with E-state index in [0.717, 1.165) is 28.4 Å². The van der Waals surface area contributed by atoms with Crippen molar-refractivity contribution in [2.75, 3.05) is 9.80 Å². The van der Waals surface area contributed by atoms with E-state index in [1.54, 1.807) is 0 Å². The van der Waals surface area contributed by atoms with Crippen LogP contribution in [0.15, 0.2) is 231 Å². The molecule has 0 saturated heterocycles. The summed E-state index contributed by atoms with van der Waals surface area (Å²) in [5, 5.41) is 2.48.